The van der Waals surface area contributed by atoms with Crippen LogP contribution in [0.4, 0.5) is 0 Å². The fourth-order valence-corrected chi connectivity index (χ4v) is 3.58. The Morgan fingerprint density at radius 3 is 2.81 bits per heavy atom. The summed E-state index contributed by atoms with van der Waals surface area (Å²) in [5, 5.41) is 11.0. The summed E-state index contributed by atoms with van der Waals surface area (Å²) in [6.07, 6.45) is 3.03. The number of ether oxygens (including phenoxy) is 2. The molecule has 136 valence electrons. The molecule has 0 saturated heterocycles. The number of rotatable bonds is 8. The van der Waals surface area contributed by atoms with E-state index in [2.05, 4.69) is 20.9 Å². The Morgan fingerprint density at radius 1 is 1.19 bits per heavy atom. The van der Waals surface area contributed by atoms with E-state index >= 15 is 0 Å². The summed E-state index contributed by atoms with van der Waals surface area (Å²) in [6, 6.07) is 15.3. The van der Waals surface area contributed by atoms with Gasteiger partial charge >= 0.3 is 0 Å². The zero-order valence-corrected chi connectivity index (χ0v) is 16.6. The summed E-state index contributed by atoms with van der Waals surface area (Å²) in [5.41, 5.74) is 0.962. The number of aromatic nitrogens is 2. The lowest BCUT2D eigenvalue weighted by Gasteiger charge is -2.13. The molecular formula is C19H19BrN2O3S. The number of benzene rings is 2. The number of nitrogens with zero attached hydrogens (tertiary/aromatic N) is 2. The van der Waals surface area contributed by atoms with Crippen LogP contribution >= 0.6 is 27.7 Å². The lowest BCUT2D eigenvalue weighted by Crippen LogP contribution is -2.20. The molecule has 26 heavy (non-hydrogen) atoms. The fourth-order valence-electron chi connectivity index (χ4n) is 2.32. The monoisotopic (exact) mass is 434 g/mol. The van der Waals surface area contributed by atoms with Crippen LogP contribution in [0.2, 0.25) is 0 Å². The number of aliphatic hydroxyl groups is 1. The van der Waals surface area contributed by atoms with Crippen LogP contribution < -0.4 is 9.47 Å². The zero-order chi connectivity index (χ0) is 18.4. The number of thioether (sulfide) groups is 1. The Kier molecular flexibility index (Phi) is 6.60. The standard InChI is InChI=1S/C19H19BrN2O3S/c1-24-17-6-3-5-15(11-17)22-9-8-21-19(22)26-13-16(23)12-25-18-7-2-4-14(20)10-18/h2-11,16,23H,12-13H2,1H3. The normalized spacial score (nSPS) is 12.0. The van der Waals surface area contributed by atoms with Gasteiger partial charge in [0, 0.05) is 28.7 Å². The number of methoxy groups -OCH3 is 1. The lowest BCUT2D eigenvalue weighted by atomic mass is 10.3. The zero-order valence-electron chi connectivity index (χ0n) is 14.2. The molecular weight excluding hydrogens is 416 g/mol. The van der Waals surface area contributed by atoms with Crippen LogP contribution in [0, 0.1) is 0 Å². The average molecular weight is 435 g/mol. The third kappa shape index (κ3) is 5.03. The molecule has 0 aliphatic rings. The second-order valence-corrected chi connectivity index (χ2v) is 7.42. The molecule has 1 unspecified atom stereocenters. The minimum atomic E-state index is -0.602. The Balaban J connectivity index is 1.57. The SMILES string of the molecule is COc1cccc(-n2ccnc2SCC(O)COc2cccc(Br)c2)c1. The Bertz CT molecular complexity index is 856. The predicted molar refractivity (Wildman–Crippen MR) is 106 cm³/mol. The molecule has 3 aromatic rings. The smallest absolute Gasteiger partial charge is 0.172 e. The molecule has 7 heteroatoms. The number of halogens is 1. The maximum Gasteiger partial charge on any atom is 0.172 e. The summed E-state index contributed by atoms with van der Waals surface area (Å²) in [5.74, 6) is 1.99. The lowest BCUT2D eigenvalue weighted by molar-refractivity contribution is 0.126. The topological polar surface area (TPSA) is 56.5 Å². The molecule has 1 heterocycles. The van der Waals surface area contributed by atoms with Crippen molar-refractivity contribution in [2.75, 3.05) is 19.5 Å². The molecule has 1 atom stereocenters. The van der Waals surface area contributed by atoms with Crippen molar-refractivity contribution in [3.8, 4) is 17.2 Å². The maximum absolute atomic E-state index is 10.2. The first-order valence-corrected chi connectivity index (χ1v) is 9.80. The molecule has 0 saturated carbocycles. The molecule has 1 N–H and O–H groups in total. The second kappa shape index (κ2) is 9.12. The second-order valence-electron chi connectivity index (χ2n) is 5.51. The first-order valence-electron chi connectivity index (χ1n) is 8.02. The van der Waals surface area contributed by atoms with Crippen LogP contribution in [-0.4, -0.2) is 40.2 Å². The van der Waals surface area contributed by atoms with Crippen molar-refractivity contribution in [3.05, 3.63) is 65.4 Å². The van der Waals surface area contributed by atoms with Gasteiger partial charge in [-0.15, -0.1) is 0 Å². The van der Waals surface area contributed by atoms with E-state index in [1.54, 1.807) is 13.3 Å². The van der Waals surface area contributed by atoms with Crippen LogP contribution in [-0.2, 0) is 0 Å². The molecule has 5 nitrogen and oxygen atoms in total. The van der Waals surface area contributed by atoms with Gasteiger partial charge in [0.25, 0.3) is 0 Å². The van der Waals surface area contributed by atoms with E-state index in [-0.39, 0.29) is 6.61 Å². The number of hydrogen-bond donors (Lipinski definition) is 1. The first-order chi connectivity index (χ1) is 12.7. The first kappa shape index (κ1) is 18.8. The molecule has 0 radical (unpaired) electrons. The molecule has 0 aliphatic heterocycles. The van der Waals surface area contributed by atoms with Crippen molar-refractivity contribution >= 4 is 27.7 Å². The van der Waals surface area contributed by atoms with E-state index < -0.39 is 6.10 Å². The summed E-state index contributed by atoms with van der Waals surface area (Å²) < 4.78 is 13.8. The van der Waals surface area contributed by atoms with Crippen molar-refractivity contribution in [2.24, 2.45) is 0 Å². The number of imidazole rings is 1. The van der Waals surface area contributed by atoms with E-state index in [0.717, 1.165) is 26.8 Å². The van der Waals surface area contributed by atoms with Gasteiger partial charge < -0.3 is 14.6 Å². The number of aliphatic hydroxyl groups excluding tert-OH is 1. The van der Waals surface area contributed by atoms with E-state index in [1.807, 2.05) is 59.3 Å². The molecule has 0 aliphatic carbocycles. The van der Waals surface area contributed by atoms with Crippen molar-refractivity contribution in [1.82, 2.24) is 9.55 Å². The van der Waals surface area contributed by atoms with Gasteiger partial charge in [-0.1, -0.05) is 39.8 Å². The van der Waals surface area contributed by atoms with Gasteiger partial charge in [-0.2, -0.15) is 0 Å². The largest absolute Gasteiger partial charge is 0.497 e. The Morgan fingerprint density at radius 2 is 2.00 bits per heavy atom. The van der Waals surface area contributed by atoms with Crippen LogP contribution in [0.15, 0.2) is 70.6 Å². The molecule has 0 fully saturated rings. The van der Waals surface area contributed by atoms with Gasteiger partial charge in [-0.05, 0) is 30.3 Å². The quantitative estimate of drug-likeness (QED) is 0.539. The predicted octanol–water partition coefficient (Wildman–Crippen LogP) is 4.18. The van der Waals surface area contributed by atoms with Crippen molar-refractivity contribution in [2.45, 2.75) is 11.3 Å². The summed E-state index contributed by atoms with van der Waals surface area (Å²) in [6.45, 7) is 0.226. The molecule has 0 amide bonds. The van der Waals surface area contributed by atoms with Crippen molar-refractivity contribution in [3.63, 3.8) is 0 Å². The highest BCUT2D eigenvalue weighted by molar-refractivity contribution is 9.10. The van der Waals surface area contributed by atoms with Crippen molar-refractivity contribution < 1.29 is 14.6 Å². The van der Waals surface area contributed by atoms with Gasteiger partial charge in [0.2, 0.25) is 0 Å². The highest BCUT2D eigenvalue weighted by Gasteiger charge is 2.11. The molecule has 2 aromatic carbocycles. The van der Waals surface area contributed by atoms with Gasteiger partial charge in [0.05, 0.1) is 18.9 Å². The minimum Gasteiger partial charge on any atom is -0.497 e. The Hall–Kier alpha value is -1.96. The minimum absolute atomic E-state index is 0.226. The third-order valence-electron chi connectivity index (χ3n) is 3.58. The third-order valence-corrected chi connectivity index (χ3v) is 5.19. The maximum atomic E-state index is 10.2. The number of hydrogen-bond acceptors (Lipinski definition) is 5. The highest BCUT2D eigenvalue weighted by Crippen LogP contribution is 2.24. The van der Waals surface area contributed by atoms with Crippen LogP contribution in [0.25, 0.3) is 5.69 Å². The van der Waals surface area contributed by atoms with Gasteiger partial charge in [0.15, 0.2) is 5.16 Å². The average Bonchev–Trinajstić information content (AvgIpc) is 3.13. The fraction of sp³-hybridized carbons (Fsp3) is 0.211. The van der Waals surface area contributed by atoms with E-state index in [9.17, 15) is 5.11 Å². The van der Waals surface area contributed by atoms with Gasteiger partial charge in [0.1, 0.15) is 18.1 Å². The molecule has 0 spiro atoms. The van der Waals surface area contributed by atoms with Crippen LogP contribution in [0.3, 0.4) is 0 Å². The molecule has 3 rings (SSSR count). The van der Waals surface area contributed by atoms with Crippen LogP contribution in [0.5, 0.6) is 11.5 Å². The Labute approximate surface area is 165 Å². The summed E-state index contributed by atoms with van der Waals surface area (Å²) in [4.78, 5) is 4.38. The summed E-state index contributed by atoms with van der Waals surface area (Å²) in [7, 11) is 1.64. The van der Waals surface area contributed by atoms with E-state index in [0.29, 0.717) is 5.75 Å². The van der Waals surface area contributed by atoms with Gasteiger partial charge in [-0.25, -0.2) is 4.98 Å². The van der Waals surface area contributed by atoms with E-state index in [1.165, 1.54) is 11.8 Å². The summed E-state index contributed by atoms with van der Waals surface area (Å²) >= 11 is 4.88. The van der Waals surface area contributed by atoms with Gasteiger partial charge in [-0.3, -0.25) is 4.57 Å². The highest BCUT2D eigenvalue weighted by atomic mass is 79.9. The molecule has 0 bridgehead atoms. The van der Waals surface area contributed by atoms with Crippen molar-refractivity contribution in [1.29, 1.82) is 0 Å². The van der Waals surface area contributed by atoms with E-state index in [4.69, 9.17) is 9.47 Å². The molecule has 1 aromatic heterocycles. The van der Waals surface area contributed by atoms with Crippen LogP contribution in [0.1, 0.15) is 0 Å².